The molecule has 1 aromatic heterocycles. The normalized spacial score (nSPS) is 22.0. The molecule has 2 atom stereocenters. The van der Waals surface area contributed by atoms with Crippen LogP contribution in [0.2, 0.25) is 0 Å². The highest BCUT2D eigenvalue weighted by Crippen LogP contribution is 2.23. The summed E-state index contributed by atoms with van der Waals surface area (Å²) in [5.74, 6) is 0. The minimum absolute atomic E-state index is 0.0545. The van der Waals surface area contributed by atoms with Crippen LogP contribution in [0.15, 0.2) is 12.3 Å². The van der Waals surface area contributed by atoms with Gasteiger partial charge in [-0.25, -0.2) is 4.79 Å². The van der Waals surface area contributed by atoms with Crippen molar-refractivity contribution in [3.8, 4) is 0 Å². The first-order valence-electron chi connectivity index (χ1n) is 8.36. The molecule has 1 aliphatic heterocycles. The van der Waals surface area contributed by atoms with Gasteiger partial charge in [0.25, 0.3) is 0 Å². The Morgan fingerprint density at radius 3 is 3.23 bits per heavy atom. The second-order valence-corrected chi connectivity index (χ2v) is 6.41. The number of hydrogen-bond donors (Lipinski definition) is 4. The van der Waals surface area contributed by atoms with E-state index in [0.717, 1.165) is 45.2 Å². The maximum absolute atomic E-state index is 12.1. The van der Waals surface area contributed by atoms with E-state index in [1.165, 1.54) is 16.8 Å². The molecule has 4 N–H and O–H groups in total. The highest BCUT2D eigenvalue weighted by Gasteiger charge is 2.18. The minimum Gasteiger partial charge on any atom is -0.364 e. The van der Waals surface area contributed by atoms with Crippen LogP contribution < -0.4 is 16.0 Å². The first-order chi connectivity index (χ1) is 10.7. The molecule has 1 aliphatic carbocycles. The topological polar surface area (TPSA) is 69.0 Å². The quantitative estimate of drug-likeness (QED) is 0.687. The van der Waals surface area contributed by atoms with Gasteiger partial charge < -0.3 is 20.9 Å². The number of urea groups is 1. The zero-order chi connectivity index (χ0) is 15.4. The molecule has 3 rings (SSSR count). The number of carbonyl (C=O) groups excluding carboxylic acids is 1. The molecule has 1 aromatic rings. The lowest BCUT2D eigenvalue weighted by molar-refractivity contribution is 0.230. The van der Waals surface area contributed by atoms with Gasteiger partial charge in [0.15, 0.2) is 0 Å². The number of amides is 2. The van der Waals surface area contributed by atoms with Gasteiger partial charge in [0.2, 0.25) is 0 Å². The van der Waals surface area contributed by atoms with Crippen LogP contribution in [0, 0.1) is 0 Å². The van der Waals surface area contributed by atoms with Crippen LogP contribution >= 0.6 is 0 Å². The number of H-pyrrole nitrogens is 1. The molecule has 2 aliphatic rings. The van der Waals surface area contributed by atoms with Crippen LogP contribution in [0.3, 0.4) is 0 Å². The molecule has 0 unspecified atom stereocenters. The standard InChI is InChI=1S/C17H26N4O/c1-12(20-17(22)21-14-5-4-8-18-11-14)9-13-10-19-16-7-3-2-6-15(13)16/h2,6,10,12,14,18-19H,3-5,7-9,11H2,1H3,(H2,20,21,22)/t12-,14+/m0/s1. The molecular weight excluding hydrogens is 276 g/mol. The van der Waals surface area contributed by atoms with E-state index in [9.17, 15) is 4.79 Å². The summed E-state index contributed by atoms with van der Waals surface area (Å²) in [4.78, 5) is 15.4. The summed E-state index contributed by atoms with van der Waals surface area (Å²) in [5, 5.41) is 9.42. The van der Waals surface area contributed by atoms with E-state index < -0.39 is 0 Å². The molecule has 2 amide bonds. The third-order valence-corrected chi connectivity index (χ3v) is 4.47. The molecule has 0 saturated carbocycles. The molecule has 1 saturated heterocycles. The van der Waals surface area contributed by atoms with Gasteiger partial charge in [0.1, 0.15) is 0 Å². The van der Waals surface area contributed by atoms with Crippen molar-refractivity contribution in [3.05, 3.63) is 29.1 Å². The number of aromatic amines is 1. The Kier molecular flexibility index (Phi) is 4.83. The van der Waals surface area contributed by atoms with Gasteiger partial charge in [0, 0.05) is 30.5 Å². The Morgan fingerprint density at radius 2 is 2.41 bits per heavy atom. The molecule has 5 heteroatoms. The third kappa shape index (κ3) is 3.71. The smallest absolute Gasteiger partial charge is 0.315 e. The zero-order valence-corrected chi connectivity index (χ0v) is 13.2. The van der Waals surface area contributed by atoms with E-state index >= 15 is 0 Å². The number of fused-ring (bicyclic) bond motifs is 1. The van der Waals surface area contributed by atoms with E-state index in [-0.39, 0.29) is 18.1 Å². The number of nitrogens with one attached hydrogen (secondary N) is 4. The van der Waals surface area contributed by atoms with E-state index in [0.29, 0.717) is 0 Å². The minimum atomic E-state index is -0.0545. The van der Waals surface area contributed by atoms with Gasteiger partial charge >= 0.3 is 6.03 Å². The molecule has 22 heavy (non-hydrogen) atoms. The van der Waals surface area contributed by atoms with Crippen LogP contribution in [-0.2, 0) is 12.8 Å². The van der Waals surface area contributed by atoms with Gasteiger partial charge in [-0.2, -0.15) is 0 Å². The van der Waals surface area contributed by atoms with Crippen LogP contribution in [0.4, 0.5) is 4.79 Å². The molecule has 120 valence electrons. The summed E-state index contributed by atoms with van der Waals surface area (Å²) in [5.41, 5.74) is 3.93. The molecule has 0 aromatic carbocycles. The SMILES string of the molecule is C[C@@H](Cc1c[nH]c2c1C=CCC2)NC(=O)N[C@@H]1CCCNC1. The van der Waals surface area contributed by atoms with Crippen molar-refractivity contribution in [1.29, 1.82) is 0 Å². The highest BCUT2D eigenvalue weighted by atomic mass is 16.2. The van der Waals surface area contributed by atoms with Crippen molar-refractivity contribution in [3.63, 3.8) is 0 Å². The summed E-state index contributed by atoms with van der Waals surface area (Å²) in [7, 11) is 0. The summed E-state index contributed by atoms with van der Waals surface area (Å²) in [6, 6.07) is 0.317. The first-order valence-corrected chi connectivity index (χ1v) is 8.36. The predicted octanol–water partition coefficient (Wildman–Crippen LogP) is 1.96. The van der Waals surface area contributed by atoms with Crippen LogP contribution in [-0.4, -0.2) is 36.2 Å². The summed E-state index contributed by atoms with van der Waals surface area (Å²) >= 11 is 0. The fourth-order valence-corrected chi connectivity index (χ4v) is 3.34. The van der Waals surface area contributed by atoms with Crippen molar-refractivity contribution in [2.45, 2.75) is 51.1 Å². The Morgan fingerprint density at radius 1 is 1.50 bits per heavy atom. The maximum atomic E-state index is 12.1. The molecule has 1 fully saturated rings. The molecule has 0 spiro atoms. The lowest BCUT2D eigenvalue weighted by atomic mass is 9.98. The second-order valence-electron chi connectivity index (χ2n) is 6.41. The number of rotatable bonds is 4. The number of aryl methyl sites for hydroxylation is 1. The summed E-state index contributed by atoms with van der Waals surface area (Å²) < 4.78 is 0. The van der Waals surface area contributed by atoms with Crippen molar-refractivity contribution >= 4 is 12.1 Å². The van der Waals surface area contributed by atoms with Crippen molar-refractivity contribution in [2.75, 3.05) is 13.1 Å². The van der Waals surface area contributed by atoms with Crippen molar-refractivity contribution < 1.29 is 4.79 Å². The second kappa shape index (κ2) is 7.01. The van der Waals surface area contributed by atoms with E-state index in [2.05, 4.69) is 46.2 Å². The fourth-order valence-electron chi connectivity index (χ4n) is 3.34. The largest absolute Gasteiger partial charge is 0.364 e. The van der Waals surface area contributed by atoms with Gasteiger partial charge in [-0.1, -0.05) is 12.2 Å². The van der Waals surface area contributed by atoms with E-state index in [1.54, 1.807) is 0 Å². The fraction of sp³-hybridized carbons (Fsp3) is 0.588. The Labute approximate surface area is 131 Å². The summed E-state index contributed by atoms with van der Waals surface area (Å²) in [6.07, 6.45) is 11.7. The molecular formula is C17H26N4O. The van der Waals surface area contributed by atoms with Gasteiger partial charge in [-0.15, -0.1) is 0 Å². The monoisotopic (exact) mass is 302 g/mol. The average molecular weight is 302 g/mol. The molecule has 0 radical (unpaired) electrons. The van der Waals surface area contributed by atoms with Crippen molar-refractivity contribution in [2.24, 2.45) is 0 Å². The van der Waals surface area contributed by atoms with E-state index in [4.69, 9.17) is 0 Å². The van der Waals surface area contributed by atoms with Gasteiger partial charge in [-0.05, 0) is 56.7 Å². The Bertz CT molecular complexity index is 543. The van der Waals surface area contributed by atoms with Crippen LogP contribution in [0.25, 0.3) is 6.08 Å². The van der Waals surface area contributed by atoms with Crippen LogP contribution in [0.1, 0.15) is 43.0 Å². The Hall–Kier alpha value is -1.75. The Balaban J connectivity index is 1.50. The van der Waals surface area contributed by atoms with Crippen molar-refractivity contribution in [1.82, 2.24) is 20.9 Å². The highest BCUT2D eigenvalue weighted by molar-refractivity contribution is 5.74. The molecule has 0 bridgehead atoms. The summed E-state index contributed by atoms with van der Waals surface area (Å²) in [6.45, 7) is 3.99. The van der Waals surface area contributed by atoms with Crippen LogP contribution in [0.5, 0.6) is 0 Å². The zero-order valence-electron chi connectivity index (χ0n) is 13.2. The number of piperidine rings is 1. The first kappa shape index (κ1) is 15.2. The average Bonchev–Trinajstić information content (AvgIpc) is 2.91. The third-order valence-electron chi connectivity index (χ3n) is 4.47. The number of carbonyl (C=O) groups is 1. The van der Waals surface area contributed by atoms with E-state index in [1.807, 2.05) is 0 Å². The number of aromatic nitrogens is 1. The molecule has 5 nitrogen and oxygen atoms in total. The number of allylic oxidation sites excluding steroid dienone is 1. The predicted molar refractivity (Wildman–Crippen MR) is 88.9 cm³/mol. The maximum Gasteiger partial charge on any atom is 0.315 e. The molecule has 2 heterocycles. The van der Waals surface area contributed by atoms with Gasteiger partial charge in [0.05, 0.1) is 0 Å². The lowest BCUT2D eigenvalue weighted by Gasteiger charge is -2.25. The number of hydrogen-bond acceptors (Lipinski definition) is 2. The van der Waals surface area contributed by atoms with Gasteiger partial charge in [-0.3, -0.25) is 0 Å². The lowest BCUT2D eigenvalue weighted by Crippen LogP contribution is -2.51.